The van der Waals surface area contributed by atoms with E-state index in [0.29, 0.717) is 5.65 Å². The van der Waals surface area contributed by atoms with Crippen molar-refractivity contribution >= 4 is 46.4 Å². The van der Waals surface area contributed by atoms with Gasteiger partial charge in [0, 0.05) is 23.1 Å². The average molecular weight is 286 g/mol. The van der Waals surface area contributed by atoms with Crippen molar-refractivity contribution in [2.75, 3.05) is 0 Å². The number of halogens is 3. The van der Waals surface area contributed by atoms with Gasteiger partial charge in [0.15, 0.2) is 11.4 Å². The highest BCUT2D eigenvalue weighted by atomic mass is 79.9. The van der Waals surface area contributed by atoms with Crippen LogP contribution < -0.4 is 0 Å². The molecule has 2 aromatic heterocycles. The Morgan fingerprint density at radius 2 is 2.08 bits per heavy atom. The molecule has 0 saturated heterocycles. The lowest BCUT2D eigenvalue weighted by atomic mass is 10.4. The van der Waals surface area contributed by atoms with E-state index in [1.165, 1.54) is 0 Å². The summed E-state index contributed by atoms with van der Waals surface area (Å²) in [7, 11) is 0. The summed E-state index contributed by atoms with van der Waals surface area (Å²) >= 11 is 3.26. The van der Waals surface area contributed by atoms with Crippen molar-refractivity contribution in [1.82, 2.24) is 9.38 Å². The van der Waals surface area contributed by atoms with Gasteiger partial charge in [-0.15, -0.1) is 24.8 Å². The van der Waals surface area contributed by atoms with E-state index < -0.39 is 0 Å². The fourth-order valence-corrected chi connectivity index (χ4v) is 1.42. The Kier molecular flexibility index (Phi) is 4.53. The van der Waals surface area contributed by atoms with Crippen LogP contribution in [-0.2, 0) is 0 Å². The van der Waals surface area contributed by atoms with Gasteiger partial charge in [0.25, 0.3) is 0 Å². The summed E-state index contributed by atoms with van der Waals surface area (Å²) in [5.74, 6) is 0.185. The number of nitrogens with zero attached hydrogens (tertiary/aromatic N) is 2. The Balaban J connectivity index is 0.000000720. The molecule has 0 aliphatic heterocycles. The van der Waals surface area contributed by atoms with Gasteiger partial charge >= 0.3 is 0 Å². The van der Waals surface area contributed by atoms with Crippen molar-refractivity contribution in [2.24, 2.45) is 0 Å². The molecule has 0 saturated carbocycles. The maximum atomic E-state index is 9.33. The quantitative estimate of drug-likeness (QED) is 0.808. The van der Waals surface area contributed by atoms with Gasteiger partial charge in [-0.05, 0) is 22.0 Å². The molecule has 72 valence electrons. The molecule has 0 spiro atoms. The van der Waals surface area contributed by atoms with Crippen molar-refractivity contribution < 1.29 is 5.11 Å². The lowest BCUT2D eigenvalue weighted by Gasteiger charge is -1.96. The van der Waals surface area contributed by atoms with Crippen LogP contribution in [0.4, 0.5) is 0 Å². The molecule has 3 nitrogen and oxygen atoms in total. The summed E-state index contributed by atoms with van der Waals surface area (Å²) in [5.41, 5.74) is 0.577. The van der Waals surface area contributed by atoms with Crippen LogP contribution in [0.2, 0.25) is 0 Å². The van der Waals surface area contributed by atoms with Crippen LogP contribution in [0.15, 0.2) is 29.1 Å². The molecule has 0 aromatic carbocycles. The second kappa shape index (κ2) is 4.69. The summed E-state index contributed by atoms with van der Waals surface area (Å²) in [6.45, 7) is 0. The number of fused-ring (bicyclic) bond motifs is 1. The molecule has 0 radical (unpaired) electrons. The first-order valence-corrected chi connectivity index (χ1v) is 3.88. The molecule has 13 heavy (non-hydrogen) atoms. The zero-order chi connectivity index (χ0) is 7.84. The lowest BCUT2D eigenvalue weighted by Crippen LogP contribution is -1.82. The molecular formula is C7H7BrCl2N2O. The van der Waals surface area contributed by atoms with Crippen molar-refractivity contribution in [3.63, 3.8) is 0 Å². The van der Waals surface area contributed by atoms with Crippen LogP contribution in [0, 0.1) is 0 Å². The van der Waals surface area contributed by atoms with E-state index in [2.05, 4.69) is 20.9 Å². The molecule has 0 bridgehead atoms. The van der Waals surface area contributed by atoms with Gasteiger partial charge < -0.3 is 9.51 Å². The van der Waals surface area contributed by atoms with E-state index in [0.717, 1.165) is 4.47 Å². The number of hydrogen-bond donors (Lipinski definition) is 1. The van der Waals surface area contributed by atoms with Gasteiger partial charge in [0.2, 0.25) is 0 Å². The number of aromatic hydroxyl groups is 1. The maximum Gasteiger partial charge on any atom is 0.179 e. The summed E-state index contributed by atoms with van der Waals surface area (Å²) in [5, 5.41) is 9.33. The van der Waals surface area contributed by atoms with Crippen LogP contribution >= 0.6 is 40.7 Å². The number of hydrogen-bond acceptors (Lipinski definition) is 2. The van der Waals surface area contributed by atoms with E-state index in [-0.39, 0.29) is 30.6 Å². The van der Waals surface area contributed by atoms with E-state index >= 15 is 0 Å². The summed E-state index contributed by atoms with van der Waals surface area (Å²) < 4.78 is 2.58. The molecule has 0 unspecified atom stereocenters. The number of imidazole rings is 1. The molecular weight excluding hydrogens is 279 g/mol. The largest absolute Gasteiger partial charge is 0.504 e. The molecule has 0 atom stereocenters. The highest BCUT2D eigenvalue weighted by Crippen LogP contribution is 2.21. The Morgan fingerprint density at radius 1 is 1.38 bits per heavy atom. The van der Waals surface area contributed by atoms with E-state index in [1.807, 2.05) is 6.20 Å². The van der Waals surface area contributed by atoms with Gasteiger partial charge in [0.1, 0.15) is 0 Å². The van der Waals surface area contributed by atoms with Crippen molar-refractivity contribution in [3.05, 3.63) is 29.1 Å². The Hall–Kier alpha value is -0.450. The molecule has 0 aliphatic rings. The summed E-state index contributed by atoms with van der Waals surface area (Å²) in [6.07, 6.45) is 5.25. The third-order valence-corrected chi connectivity index (χ3v) is 1.87. The van der Waals surface area contributed by atoms with E-state index in [4.69, 9.17) is 0 Å². The van der Waals surface area contributed by atoms with Crippen molar-refractivity contribution in [1.29, 1.82) is 0 Å². The zero-order valence-electron chi connectivity index (χ0n) is 6.35. The SMILES string of the molecule is Cl.Cl.Oc1cc(Br)cn2ccnc12. The normalized spacial score (nSPS) is 9.00. The minimum Gasteiger partial charge on any atom is -0.504 e. The predicted molar refractivity (Wildman–Crippen MR) is 59.1 cm³/mol. The predicted octanol–water partition coefficient (Wildman–Crippen LogP) is 2.65. The van der Waals surface area contributed by atoms with E-state index in [1.54, 1.807) is 22.9 Å². The monoisotopic (exact) mass is 284 g/mol. The molecule has 6 heteroatoms. The Bertz CT molecular complexity index is 404. The average Bonchev–Trinajstić information content (AvgIpc) is 2.34. The van der Waals surface area contributed by atoms with Crippen LogP contribution in [0.25, 0.3) is 5.65 Å². The highest BCUT2D eigenvalue weighted by molar-refractivity contribution is 9.10. The summed E-state index contributed by atoms with van der Waals surface area (Å²) in [4.78, 5) is 3.95. The molecule has 2 aromatic rings. The Labute approximate surface area is 95.7 Å². The van der Waals surface area contributed by atoms with Crippen LogP contribution in [0.1, 0.15) is 0 Å². The lowest BCUT2D eigenvalue weighted by molar-refractivity contribution is 0.477. The Morgan fingerprint density at radius 3 is 2.77 bits per heavy atom. The van der Waals surface area contributed by atoms with E-state index in [9.17, 15) is 5.11 Å². The summed E-state index contributed by atoms with van der Waals surface area (Å²) in [6, 6.07) is 1.61. The smallest absolute Gasteiger partial charge is 0.179 e. The number of pyridine rings is 1. The first-order chi connectivity index (χ1) is 5.27. The topological polar surface area (TPSA) is 37.5 Å². The van der Waals surface area contributed by atoms with Gasteiger partial charge in [-0.3, -0.25) is 0 Å². The molecule has 1 N–H and O–H groups in total. The first kappa shape index (κ1) is 12.6. The maximum absolute atomic E-state index is 9.33. The minimum absolute atomic E-state index is 0. The molecule has 2 rings (SSSR count). The fraction of sp³-hybridized carbons (Fsp3) is 0. The number of rotatable bonds is 0. The molecule has 0 aliphatic carbocycles. The van der Waals surface area contributed by atoms with Gasteiger partial charge in [0.05, 0.1) is 0 Å². The number of aromatic nitrogens is 2. The zero-order valence-corrected chi connectivity index (χ0v) is 9.56. The van der Waals surface area contributed by atoms with Crippen molar-refractivity contribution in [2.45, 2.75) is 0 Å². The van der Waals surface area contributed by atoms with Gasteiger partial charge in [-0.25, -0.2) is 4.98 Å². The highest BCUT2D eigenvalue weighted by Gasteiger charge is 2.00. The van der Waals surface area contributed by atoms with Crippen molar-refractivity contribution in [3.8, 4) is 5.75 Å². The minimum atomic E-state index is 0. The van der Waals surface area contributed by atoms with Gasteiger partial charge in [-0.1, -0.05) is 0 Å². The third-order valence-electron chi connectivity index (χ3n) is 1.43. The molecule has 0 amide bonds. The standard InChI is InChI=1S/C7H5BrN2O.2ClH/c8-5-3-6(11)7-9-1-2-10(7)4-5;;/h1-4,11H;2*1H. The first-order valence-electron chi connectivity index (χ1n) is 3.08. The van der Waals surface area contributed by atoms with Gasteiger partial charge in [-0.2, -0.15) is 0 Å². The van der Waals surface area contributed by atoms with Crippen LogP contribution in [0.3, 0.4) is 0 Å². The molecule has 0 fully saturated rings. The third kappa shape index (κ3) is 2.27. The second-order valence-corrected chi connectivity index (χ2v) is 3.12. The van der Waals surface area contributed by atoms with Crippen LogP contribution in [-0.4, -0.2) is 14.5 Å². The second-order valence-electron chi connectivity index (χ2n) is 2.20. The van der Waals surface area contributed by atoms with Crippen LogP contribution in [0.5, 0.6) is 5.75 Å². The molecule has 2 heterocycles. The fourth-order valence-electron chi connectivity index (χ4n) is 0.981.